The van der Waals surface area contributed by atoms with Crippen molar-refractivity contribution in [2.75, 3.05) is 37.4 Å². The van der Waals surface area contributed by atoms with Crippen LogP contribution in [0.4, 0.5) is 11.4 Å². The summed E-state index contributed by atoms with van der Waals surface area (Å²) in [6, 6.07) is 0.240. The molecule has 1 aromatic heterocycles. The molecule has 0 radical (unpaired) electrons. The predicted molar refractivity (Wildman–Crippen MR) is 62.7 cm³/mol. The number of fused-ring (bicyclic) bond motifs is 1. The highest BCUT2D eigenvalue weighted by molar-refractivity contribution is 5.96. The molecule has 0 aromatic carbocycles. The minimum absolute atomic E-state index is 0.0490. The van der Waals surface area contributed by atoms with Crippen molar-refractivity contribution >= 4 is 17.3 Å². The average molecular weight is 223 g/mol. The minimum atomic E-state index is 0.0490. The van der Waals surface area contributed by atoms with Crippen LogP contribution in [0.2, 0.25) is 0 Å². The Morgan fingerprint density at radius 2 is 2.38 bits per heavy atom. The maximum atomic E-state index is 11.5. The number of hydrogen-bond acceptors (Lipinski definition) is 4. The third-order valence-corrected chi connectivity index (χ3v) is 2.66. The Hall–Kier alpha value is -1.49. The van der Waals surface area contributed by atoms with Crippen molar-refractivity contribution in [1.29, 1.82) is 0 Å². The van der Waals surface area contributed by atoms with E-state index in [9.17, 15) is 4.79 Å². The number of rotatable bonds is 2. The molecule has 5 heteroatoms. The van der Waals surface area contributed by atoms with E-state index in [1.807, 2.05) is 14.1 Å². The first-order valence-electron chi connectivity index (χ1n) is 5.33. The van der Waals surface area contributed by atoms with Crippen LogP contribution in [0.3, 0.4) is 0 Å². The summed E-state index contributed by atoms with van der Waals surface area (Å²) >= 11 is 0. The summed E-state index contributed by atoms with van der Waals surface area (Å²) in [6.07, 6.45) is 3.25. The van der Waals surface area contributed by atoms with Gasteiger partial charge in [-0.1, -0.05) is 0 Å². The number of hydrogen-bond donors (Lipinski definition) is 1. The first kappa shape index (κ1) is 11.0. The van der Waals surface area contributed by atoms with Crippen LogP contribution < -0.4 is 10.2 Å². The Kier molecular flexibility index (Phi) is 2.87. The topological polar surface area (TPSA) is 48.7 Å². The van der Waals surface area contributed by atoms with E-state index < -0.39 is 0 Å². The molecule has 2 heterocycles. The Labute approximate surface area is 95.0 Å². The molecule has 0 saturated heterocycles. The lowest BCUT2D eigenvalue weighted by Gasteiger charge is -2.34. The van der Waals surface area contributed by atoms with Gasteiger partial charge in [-0.3, -0.25) is 4.79 Å². The highest BCUT2D eigenvalue weighted by Crippen LogP contribution is 2.31. The summed E-state index contributed by atoms with van der Waals surface area (Å²) in [4.78, 5) is 15.4. The van der Waals surface area contributed by atoms with Gasteiger partial charge in [-0.2, -0.15) is 0 Å². The van der Waals surface area contributed by atoms with E-state index in [2.05, 4.69) is 10.2 Å². The Balaban J connectivity index is 2.20. The summed E-state index contributed by atoms with van der Waals surface area (Å²) in [5.41, 5.74) is 1.73. The van der Waals surface area contributed by atoms with Gasteiger partial charge in [0.2, 0.25) is 5.91 Å². The van der Waals surface area contributed by atoms with Gasteiger partial charge in [-0.25, -0.2) is 0 Å². The van der Waals surface area contributed by atoms with Crippen LogP contribution in [-0.2, 0) is 4.79 Å². The van der Waals surface area contributed by atoms with E-state index in [4.69, 9.17) is 4.42 Å². The number of amides is 1. The molecular weight excluding hydrogens is 206 g/mol. The van der Waals surface area contributed by atoms with E-state index in [-0.39, 0.29) is 11.9 Å². The zero-order valence-corrected chi connectivity index (χ0v) is 9.86. The molecule has 1 aliphatic heterocycles. The summed E-state index contributed by atoms with van der Waals surface area (Å²) in [5, 5.41) is 3.36. The Morgan fingerprint density at radius 3 is 3.00 bits per heavy atom. The number of furan rings is 1. The number of carbonyl (C=O) groups excluding carboxylic acids is 1. The highest BCUT2D eigenvalue weighted by Gasteiger charge is 2.27. The molecule has 1 aliphatic rings. The molecule has 0 aliphatic carbocycles. The second-order valence-corrected chi connectivity index (χ2v) is 4.40. The molecule has 0 spiro atoms. The van der Waals surface area contributed by atoms with Gasteiger partial charge in [0.25, 0.3) is 0 Å². The largest absolute Gasteiger partial charge is 0.468 e. The van der Waals surface area contributed by atoms with E-state index in [0.717, 1.165) is 17.9 Å². The molecular formula is C11H17N3O2. The molecule has 88 valence electrons. The Morgan fingerprint density at radius 1 is 1.62 bits per heavy atom. The molecule has 1 N–H and O–H groups in total. The first-order valence-corrected chi connectivity index (χ1v) is 5.33. The molecule has 0 bridgehead atoms. The molecule has 16 heavy (non-hydrogen) atoms. The molecule has 1 unspecified atom stereocenters. The van der Waals surface area contributed by atoms with Crippen molar-refractivity contribution in [2.24, 2.45) is 0 Å². The van der Waals surface area contributed by atoms with Crippen LogP contribution in [-0.4, -0.2) is 44.0 Å². The highest BCUT2D eigenvalue weighted by atomic mass is 16.3. The van der Waals surface area contributed by atoms with Gasteiger partial charge in [0, 0.05) is 20.0 Å². The number of carbonyl (C=O) groups is 1. The first-order chi connectivity index (χ1) is 7.58. The predicted octanol–water partition coefficient (Wildman–Crippen LogP) is 0.988. The van der Waals surface area contributed by atoms with Crippen molar-refractivity contribution in [2.45, 2.75) is 13.0 Å². The van der Waals surface area contributed by atoms with E-state index in [1.165, 1.54) is 0 Å². The third-order valence-electron chi connectivity index (χ3n) is 2.66. The second-order valence-electron chi connectivity index (χ2n) is 4.40. The lowest BCUT2D eigenvalue weighted by atomic mass is 10.1. The van der Waals surface area contributed by atoms with E-state index in [0.29, 0.717) is 6.54 Å². The van der Waals surface area contributed by atoms with Crippen LogP contribution >= 0.6 is 0 Å². The van der Waals surface area contributed by atoms with Gasteiger partial charge in [-0.15, -0.1) is 0 Å². The standard InChI is InChI=1S/C11H17N3O2/c1-8(15)14-5-9(4-13(2)3)12-10-6-16-7-11(10)14/h6-7,9,12H,4-5H2,1-3H3. The summed E-state index contributed by atoms with van der Waals surface area (Å²) in [6.45, 7) is 3.14. The quantitative estimate of drug-likeness (QED) is 0.812. The molecule has 2 rings (SSSR count). The van der Waals surface area contributed by atoms with Crippen molar-refractivity contribution in [3.05, 3.63) is 12.5 Å². The molecule has 0 fully saturated rings. The normalized spacial score (nSPS) is 19.5. The van der Waals surface area contributed by atoms with Crippen molar-refractivity contribution in [1.82, 2.24) is 4.90 Å². The lowest BCUT2D eigenvalue weighted by molar-refractivity contribution is -0.116. The fraction of sp³-hybridized carbons (Fsp3) is 0.545. The minimum Gasteiger partial charge on any atom is -0.468 e. The third kappa shape index (κ3) is 2.04. The van der Waals surface area contributed by atoms with Gasteiger partial charge in [0.1, 0.15) is 18.2 Å². The van der Waals surface area contributed by atoms with E-state index in [1.54, 1.807) is 24.3 Å². The fourth-order valence-electron chi connectivity index (χ4n) is 2.03. The van der Waals surface area contributed by atoms with Crippen LogP contribution in [0.25, 0.3) is 0 Å². The van der Waals surface area contributed by atoms with Gasteiger partial charge in [0.05, 0.1) is 11.7 Å². The van der Waals surface area contributed by atoms with Gasteiger partial charge < -0.3 is 19.5 Å². The fourth-order valence-corrected chi connectivity index (χ4v) is 2.03. The van der Waals surface area contributed by atoms with Crippen LogP contribution in [0.1, 0.15) is 6.92 Å². The molecule has 0 saturated carbocycles. The number of nitrogens with zero attached hydrogens (tertiary/aromatic N) is 2. The van der Waals surface area contributed by atoms with Gasteiger partial charge in [0.15, 0.2) is 0 Å². The van der Waals surface area contributed by atoms with Crippen molar-refractivity contribution < 1.29 is 9.21 Å². The van der Waals surface area contributed by atoms with Crippen molar-refractivity contribution in [3.8, 4) is 0 Å². The number of nitrogens with one attached hydrogen (secondary N) is 1. The van der Waals surface area contributed by atoms with Crippen LogP contribution in [0, 0.1) is 0 Å². The van der Waals surface area contributed by atoms with Crippen LogP contribution in [0.15, 0.2) is 16.9 Å². The Bertz CT molecular complexity index is 386. The zero-order chi connectivity index (χ0) is 11.7. The second kappa shape index (κ2) is 4.17. The lowest BCUT2D eigenvalue weighted by Crippen LogP contribution is -2.47. The average Bonchev–Trinajstić information content (AvgIpc) is 2.62. The smallest absolute Gasteiger partial charge is 0.224 e. The SMILES string of the molecule is CC(=O)N1CC(CN(C)C)Nc2cocc21. The summed E-state index contributed by atoms with van der Waals surface area (Å²) in [5.74, 6) is 0.0490. The maximum absolute atomic E-state index is 11.5. The molecule has 1 aromatic rings. The number of likely N-dealkylation sites (N-methyl/N-ethyl adjacent to an activating group) is 1. The van der Waals surface area contributed by atoms with Crippen molar-refractivity contribution in [3.63, 3.8) is 0 Å². The van der Waals surface area contributed by atoms with E-state index >= 15 is 0 Å². The van der Waals surface area contributed by atoms with Gasteiger partial charge >= 0.3 is 0 Å². The zero-order valence-electron chi connectivity index (χ0n) is 9.86. The summed E-state index contributed by atoms with van der Waals surface area (Å²) in [7, 11) is 4.04. The monoisotopic (exact) mass is 223 g/mol. The molecule has 1 atom stereocenters. The summed E-state index contributed by atoms with van der Waals surface area (Å²) < 4.78 is 5.13. The number of anilines is 2. The van der Waals surface area contributed by atoms with Crippen LogP contribution in [0.5, 0.6) is 0 Å². The van der Waals surface area contributed by atoms with Gasteiger partial charge in [-0.05, 0) is 14.1 Å². The maximum Gasteiger partial charge on any atom is 0.224 e. The molecule has 1 amide bonds. The molecule has 5 nitrogen and oxygen atoms in total.